The minimum atomic E-state index is -0.306. The van der Waals surface area contributed by atoms with E-state index in [9.17, 15) is 9.90 Å². The van der Waals surface area contributed by atoms with Gasteiger partial charge in [-0.3, -0.25) is 9.78 Å². The maximum absolute atomic E-state index is 12.3. The molecule has 1 aliphatic carbocycles. The smallest absolute Gasteiger partial charge is 0.270 e. The number of hydrogen-bond acceptors (Lipinski definition) is 4. The first-order valence-corrected chi connectivity index (χ1v) is 6.58. The molecule has 2 aromatic heterocycles. The molecule has 1 fully saturated rings. The van der Waals surface area contributed by atoms with Gasteiger partial charge in [0.2, 0.25) is 0 Å². The third-order valence-electron chi connectivity index (χ3n) is 3.77. The molecule has 0 radical (unpaired) electrons. The third-order valence-corrected chi connectivity index (χ3v) is 3.77. The van der Waals surface area contributed by atoms with E-state index in [0.29, 0.717) is 5.69 Å². The average Bonchev–Trinajstić information content (AvgIpc) is 2.44. The fourth-order valence-corrected chi connectivity index (χ4v) is 2.49. The molecule has 0 atom stereocenters. The monoisotopic (exact) mass is 269 g/mol. The van der Waals surface area contributed by atoms with E-state index >= 15 is 0 Å². The molecule has 0 aliphatic heterocycles. The Balaban J connectivity index is 1.82. The van der Waals surface area contributed by atoms with Crippen LogP contribution in [0.2, 0.25) is 0 Å². The van der Waals surface area contributed by atoms with Gasteiger partial charge in [-0.2, -0.15) is 0 Å². The molecule has 0 bridgehead atoms. The van der Waals surface area contributed by atoms with Crippen molar-refractivity contribution in [2.45, 2.75) is 24.8 Å². The molecule has 0 spiro atoms. The molecule has 2 heterocycles. The average molecular weight is 269 g/mol. The van der Waals surface area contributed by atoms with Gasteiger partial charge in [0.15, 0.2) is 0 Å². The van der Waals surface area contributed by atoms with Gasteiger partial charge in [0.1, 0.15) is 11.4 Å². The Morgan fingerprint density at radius 3 is 2.50 bits per heavy atom. The van der Waals surface area contributed by atoms with E-state index in [4.69, 9.17) is 0 Å². The molecule has 1 saturated carbocycles. The number of aromatic hydroxyl groups is 1. The van der Waals surface area contributed by atoms with Crippen LogP contribution in [0.5, 0.6) is 5.75 Å². The first-order chi connectivity index (χ1) is 9.70. The fourth-order valence-electron chi connectivity index (χ4n) is 2.49. The van der Waals surface area contributed by atoms with Crippen LogP contribution in [0.15, 0.2) is 42.9 Å². The Labute approximate surface area is 116 Å². The lowest BCUT2D eigenvalue weighted by Gasteiger charge is -2.43. The van der Waals surface area contributed by atoms with Crippen LogP contribution < -0.4 is 5.32 Å². The number of pyridine rings is 2. The predicted octanol–water partition coefficient (Wildman–Crippen LogP) is 1.99. The number of hydrogen-bond donors (Lipinski definition) is 2. The Bertz CT molecular complexity index is 607. The highest BCUT2D eigenvalue weighted by molar-refractivity contribution is 5.93. The number of nitrogens with zero attached hydrogens (tertiary/aromatic N) is 2. The summed E-state index contributed by atoms with van der Waals surface area (Å²) in [6, 6.07) is 6.85. The van der Waals surface area contributed by atoms with Crippen LogP contribution in [0, 0.1) is 0 Å². The Morgan fingerprint density at radius 2 is 1.95 bits per heavy atom. The molecular formula is C15H15N3O2. The minimum absolute atomic E-state index is 0.0500. The van der Waals surface area contributed by atoms with Crippen LogP contribution >= 0.6 is 0 Å². The second kappa shape index (κ2) is 4.92. The number of aromatic nitrogens is 2. The summed E-state index contributed by atoms with van der Waals surface area (Å²) in [5.74, 6) is -0.171. The molecule has 1 amide bonds. The summed E-state index contributed by atoms with van der Waals surface area (Å²) in [6.07, 6.45) is 7.67. The summed E-state index contributed by atoms with van der Waals surface area (Å²) in [5.41, 5.74) is 1.08. The standard InChI is InChI=1S/C15H15N3O2/c19-12-2-3-13(17-10-12)14(20)18-15(6-1-7-15)11-4-8-16-9-5-11/h2-5,8-10,19H,1,6-7H2,(H,18,20). The number of carbonyl (C=O) groups is 1. The number of amides is 1. The summed E-state index contributed by atoms with van der Waals surface area (Å²) < 4.78 is 0. The van der Waals surface area contributed by atoms with Gasteiger partial charge >= 0.3 is 0 Å². The highest BCUT2D eigenvalue weighted by Crippen LogP contribution is 2.41. The van der Waals surface area contributed by atoms with Crippen LogP contribution in [-0.2, 0) is 5.54 Å². The summed E-state index contributed by atoms with van der Waals surface area (Å²) >= 11 is 0. The van der Waals surface area contributed by atoms with E-state index in [1.54, 1.807) is 12.4 Å². The molecule has 102 valence electrons. The van der Waals surface area contributed by atoms with Crippen molar-refractivity contribution in [1.29, 1.82) is 0 Å². The number of carbonyl (C=O) groups excluding carboxylic acids is 1. The molecule has 5 heteroatoms. The normalized spacial score (nSPS) is 16.2. The zero-order valence-corrected chi connectivity index (χ0v) is 10.9. The van der Waals surface area contributed by atoms with Crippen LogP contribution in [0.25, 0.3) is 0 Å². The van der Waals surface area contributed by atoms with Crippen molar-refractivity contribution < 1.29 is 9.90 Å². The Hall–Kier alpha value is -2.43. The largest absolute Gasteiger partial charge is 0.506 e. The second-order valence-electron chi connectivity index (χ2n) is 5.03. The van der Waals surface area contributed by atoms with Gasteiger partial charge in [-0.1, -0.05) is 0 Å². The van der Waals surface area contributed by atoms with Crippen LogP contribution in [0.1, 0.15) is 35.3 Å². The molecule has 3 rings (SSSR count). The predicted molar refractivity (Wildman–Crippen MR) is 73.1 cm³/mol. The lowest BCUT2D eigenvalue weighted by molar-refractivity contribution is 0.0818. The molecule has 0 saturated heterocycles. The van der Waals surface area contributed by atoms with E-state index in [0.717, 1.165) is 24.8 Å². The first kappa shape index (κ1) is 12.6. The minimum Gasteiger partial charge on any atom is -0.506 e. The lowest BCUT2D eigenvalue weighted by Crippen LogP contribution is -2.50. The van der Waals surface area contributed by atoms with Gasteiger partial charge in [0, 0.05) is 12.4 Å². The van der Waals surface area contributed by atoms with E-state index in [1.807, 2.05) is 12.1 Å². The highest BCUT2D eigenvalue weighted by atomic mass is 16.3. The summed E-state index contributed by atoms with van der Waals surface area (Å²) in [5, 5.41) is 12.3. The van der Waals surface area contributed by atoms with Crippen LogP contribution in [0.3, 0.4) is 0 Å². The molecule has 2 N–H and O–H groups in total. The number of rotatable bonds is 3. The highest BCUT2D eigenvalue weighted by Gasteiger charge is 2.40. The van der Waals surface area contributed by atoms with Crippen molar-refractivity contribution in [3.63, 3.8) is 0 Å². The van der Waals surface area contributed by atoms with E-state index in [1.165, 1.54) is 18.3 Å². The van der Waals surface area contributed by atoms with Crippen molar-refractivity contribution in [2.75, 3.05) is 0 Å². The lowest BCUT2D eigenvalue weighted by atomic mass is 9.72. The Morgan fingerprint density at radius 1 is 1.20 bits per heavy atom. The topological polar surface area (TPSA) is 75.1 Å². The second-order valence-corrected chi connectivity index (χ2v) is 5.03. The zero-order chi connectivity index (χ0) is 14.0. The van der Waals surface area contributed by atoms with E-state index in [2.05, 4.69) is 15.3 Å². The van der Waals surface area contributed by atoms with Crippen molar-refractivity contribution in [1.82, 2.24) is 15.3 Å². The van der Waals surface area contributed by atoms with Gasteiger partial charge in [0.25, 0.3) is 5.91 Å². The third kappa shape index (κ3) is 2.22. The quantitative estimate of drug-likeness (QED) is 0.893. The van der Waals surface area contributed by atoms with Crippen molar-refractivity contribution in [2.24, 2.45) is 0 Å². The van der Waals surface area contributed by atoms with Gasteiger partial charge in [-0.05, 0) is 49.1 Å². The molecule has 2 aromatic rings. The maximum atomic E-state index is 12.3. The fraction of sp³-hybridized carbons (Fsp3) is 0.267. The maximum Gasteiger partial charge on any atom is 0.270 e. The summed E-state index contributed by atoms with van der Waals surface area (Å²) in [4.78, 5) is 20.2. The van der Waals surface area contributed by atoms with Crippen LogP contribution in [0.4, 0.5) is 0 Å². The van der Waals surface area contributed by atoms with Crippen molar-refractivity contribution >= 4 is 5.91 Å². The number of nitrogens with one attached hydrogen (secondary N) is 1. The van der Waals surface area contributed by atoms with Gasteiger partial charge in [-0.15, -0.1) is 0 Å². The zero-order valence-electron chi connectivity index (χ0n) is 10.9. The van der Waals surface area contributed by atoms with Crippen LogP contribution in [-0.4, -0.2) is 21.0 Å². The van der Waals surface area contributed by atoms with E-state index in [-0.39, 0.29) is 17.2 Å². The Kier molecular flexibility index (Phi) is 3.10. The molecule has 0 aromatic carbocycles. The SMILES string of the molecule is O=C(NC1(c2ccncc2)CCC1)c1ccc(O)cn1. The van der Waals surface area contributed by atoms with Gasteiger partial charge in [-0.25, -0.2) is 4.98 Å². The van der Waals surface area contributed by atoms with Crippen molar-refractivity contribution in [3.8, 4) is 5.75 Å². The first-order valence-electron chi connectivity index (χ1n) is 6.58. The summed E-state index contributed by atoms with van der Waals surface area (Å²) in [7, 11) is 0. The molecule has 20 heavy (non-hydrogen) atoms. The molecule has 5 nitrogen and oxygen atoms in total. The van der Waals surface area contributed by atoms with Gasteiger partial charge in [0.05, 0.1) is 11.7 Å². The molecule has 1 aliphatic rings. The molecule has 0 unspecified atom stereocenters. The molecular weight excluding hydrogens is 254 g/mol. The van der Waals surface area contributed by atoms with E-state index < -0.39 is 0 Å². The van der Waals surface area contributed by atoms with Gasteiger partial charge < -0.3 is 10.4 Å². The van der Waals surface area contributed by atoms with Crippen molar-refractivity contribution in [3.05, 3.63) is 54.1 Å². The summed E-state index contributed by atoms with van der Waals surface area (Å²) in [6.45, 7) is 0.